The van der Waals surface area contributed by atoms with Crippen LogP contribution in [0.3, 0.4) is 0 Å². The van der Waals surface area contributed by atoms with E-state index in [1.165, 1.54) is 5.56 Å². The van der Waals surface area contributed by atoms with E-state index in [4.69, 9.17) is 0 Å². The van der Waals surface area contributed by atoms with Crippen LogP contribution >= 0.6 is 0 Å². The van der Waals surface area contributed by atoms with Gasteiger partial charge in [-0.1, -0.05) is 60.7 Å². The lowest BCUT2D eigenvalue weighted by Gasteiger charge is -2.14. The maximum Gasteiger partial charge on any atom is 0.0996 e. The Morgan fingerprint density at radius 3 is 2.19 bits per heavy atom. The van der Waals surface area contributed by atoms with Crippen LogP contribution in [0.4, 0.5) is 0 Å². The highest BCUT2D eigenvalue weighted by Crippen LogP contribution is 2.19. The highest BCUT2D eigenvalue weighted by atomic mass is 16.3. The summed E-state index contributed by atoms with van der Waals surface area (Å²) in [6.45, 7) is 0.724. The number of hydrogen-bond donors (Lipinski definition) is 1. The maximum absolute atomic E-state index is 10.5. The number of aliphatic hydroxyl groups is 1. The fourth-order valence-corrected chi connectivity index (χ4v) is 2.46. The van der Waals surface area contributed by atoms with Crippen molar-refractivity contribution < 1.29 is 5.11 Å². The van der Waals surface area contributed by atoms with Crippen molar-refractivity contribution in [1.82, 2.24) is 9.55 Å². The second kappa shape index (κ2) is 6.37. The van der Waals surface area contributed by atoms with Crippen molar-refractivity contribution in [2.24, 2.45) is 0 Å². The van der Waals surface area contributed by atoms with E-state index in [9.17, 15) is 5.11 Å². The van der Waals surface area contributed by atoms with E-state index < -0.39 is 6.10 Å². The normalized spacial score (nSPS) is 12.2. The Bertz CT molecular complexity index is 677. The SMILES string of the molecule is OC(Cc1ccccc1)c1cncn1Cc1ccccc1. The smallest absolute Gasteiger partial charge is 0.0996 e. The second-order valence-corrected chi connectivity index (χ2v) is 5.14. The Morgan fingerprint density at radius 2 is 1.52 bits per heavy atom. The van der Waals surface area contributed by atoms with Gasteiger partial charge in [-0.25, -0.2) is 4.98 Å². The first-order valence-electron chi connectivity index (χ1n) is 7.09. The number of nitrogens with zero attached hydrogens (tertiary/aromatic N) is 2. The molecule has 0 aliphatic rings. The van der Waals surface area contributed by atoms with Gasteiger partial charge in [0, 0.05) is 13.0 Å². The van der Waals surface area contributed by atoms with Crippen LogP contribution in [0.15, 0.2) is 73.2 Å². The quantitative estimate of drug-likeness (QED) is 0.778. The number of aromatic nitrogens is 2. The first kappa shape index (κ1) is 13.6. The molecule has 0 bridgehead atoms. The first-order valence-corrected chi connectivity index (χ1v) is 7.09. The third-order valence-corrected chi connectivity index (χ3v) is 3.55. The van der Waals surface area contributed by atoms with Crippen molar-refractivity contribution in [2.75, 3.05) is 0 Å². The molecule has 106 valence electrons. The van der Waals surface area contributed by atoms with E-state index in [-0.39, 0.29) is 0 Å². The Morgan fingerprint density at radius 1 is 0.905 bits per heavy atom. The van der Waals surface area contributed by atoms with Gasteiger partial charge in [0.15, 0.2) is 0 Å². The van der Waals surface area contributed by atoms with Gasteiger partial charge in [0.1, 0.15) is 0 Å². The molecule has 1 atom stereocenters. The van der Waals surface area contributed by atoms with Crippen LogP contribution in [0.25, 0.3) is 0 Å². The van der Waals surface area contributed by atoms with Crippen LogP contribution in [-0.4, -0.2) is 14.7 Å². The van der Waals surface area contributed by atoms with Gasteiger partial charge < -0.3 is 9.67 Å². The fourth-order valence-electron chi connectivity index (χ4n) is 2.46. The molecular formula is C18H18N2O. The largest absolute Gasteiger partial charge is 0.386 e. The molecule has 3 nitrogen and oxygen atoms in total. The molecule has 0 spiro atoms. The molecule has 0 aliphatic carbocycles. The summed E-state index contributed by atoms with van der Waals surface area (Å²) in [7, 11) is 0. The van der Waals surface area contributed by atoms with Gasteiger partial charge in [0.25, 0.3) is 0 Å². The van der Waals surface area contributed by atoms with E-state index in [0.717, 1.165) is 17.8 Å². The predicted molar refractivity (Wildman–Crippen MR) is 82.9 cm³/mol. The minimum absolute atomic E-state index is 0.543. The molecule has 3 aromatic rings. The van der Waals surface area contributed by atoms with Crippen molar-refractivity contribution in [3.8, 4) is 0 Å². The van der Waals surface area contributed by atoms with Crippen molar-refractivity contribution in [1.29, 1.82) is 0 Å². The summed E-state index contributed by atoms with van der Waals surface area (Å²) in [6, 6.07) is 20.2. The minimum Gasteiger partial charge on any atom is -0.386 e. The monoisotopic (exact) mass is 278 g/mol. The molecule has 3 rings (SSSR count). The molecule has 0 aliphatic heterocycles. The summed E-state index contributed by atoms with van der Waals surface area (Å²) in [5.74, 6) is 0. The number of benzene rings is 2. The van der Waals surface area contributed by atoms with Crippen LogP contribution in [-0.2, 0) is 13.0 Å². The highest BCUT2D eigenvalue weighted by Gasteiger charge is 2.13. The Hall–Kier alpha value is -2.39. The number of rotatable bonds is 5. The molecule has 3 heteroatoms. The highest BCUT2D eigenvalue weighted by molar-refractivity contribution is 5.19. The lowest BCUT2D eigenvalue weighted by Crippen LogP contribution is -2.10. The first-order chi connectivity index (χ1) is 10.3. The average molecular weight is 278 g/mol. The molecule has 2 aromatic carbocycles. The minimum atomic E-state index is -0.543. The van der Waals surface area contributed by atoms with Gasteiger partial charge in [0.05, 0.1) is 24.3 Å². The molecule has 0 fully saturated rings. The Labute approximate surface area is 124 Å². The molecule has 1 unspecified atom stereocenters. The molecule has 0 radical (unpaired) electrons. The van der Waals surface area contributed by atoms with Gasteiger partial charge in [-0.05, 0) is 11.1 Å². The van der Waals surface area contributed by atoms with E-state index in [2.05, 4.69) is 17.1 Å². The third-order valence-electron chi connectivity index (χ3n) is 3.55. The molecule has 1 aromatic heterocycles. The van der Waals surface area contributed by atoms with Gasteiger partial charge in [-0.15, -0.1) is 0 Å². The van der Waals surface area contributed by atoms with E-state index in [1.807, 2.05) is 53.1 Å². The summed E-state index contributed by atoms with van der Waals surface area (Å²) in [4.78, 5) is 4.18. The van der Waals surface area contributed by atoms with E-state index >= 15 is 0 Å². The summed E-state index contributed by atoms with van der Waals surface area (Å²) in [6.07, 6.45) is 3.58. The molecule has 0 saturated heterocycles. The predicted octanol–water partition coefficient (Wildman–Crippen LogP) is 3.21. The zero-order chi connectivity index (χ0) is 14.5. The topological polar surface area (TPSA) is 38.1 Å². The number of aliphatic hydroxyl groups excluding tert-OH is 1. The molecule has 1 heterocycles. The van der Waals surface area contributed by atoms with Crippen molar-refractivity contribution in [2.45, 2.75) is 19.1 Å². The second-order valence-electron chi connectivity index (χ2n) is 5.14. The summed E-state index contributed by atoms with van der Waals surface area (Å²) in [5, 5.41) is 10.5. The van der Waals surface area contributed by atoms with Crippen molar-refractivity contribution in [3.63, 3.8) is 0 Å². The molecule has 0 amide bonds. The molecule has 21 heavy (non-hydrogen) atoms. The Balaban J connectivity index is 1.75. The van der Waals surface area contributed by atoms with Gasteiger partial charge in [0.2, 0.25) is 0 Å². The Kier molecular flexibility index (Phi) is 4.12. The lowest BCUT2D eigenvalue weighted by atomic mass is 10.1. The van der Waals surface area contributed by atoms with E-state index in [1.54, 1.807) is 12.5 Å². The molecule has 1 N–H and O–H groups in total. The standard InChI is InChI=1S/C18H18N2O/c21-18(11-15-7-3-1-4-8-15)17-12-19-14-20(17)13-16-9-5-2-6-10-16/h1-10,12,14,18,21H,11,13H2. The maximum atomic E-state index is 10.5. The zero-order valence-electron chi connectivity index (χ0n) is 11.8. The van der Waals surface area contributed by atoms with Crippen molar-refractivity contribution in [3.05, 3.63) is 90.0 Å². The fraction of sp³-hybridized carbons (Fsp3) is 0.167. The number of imidazole rings is 1. The van der Waals surface area contributed by atoms with Crippen LogP contribution in [0.1, 0.15) is 22.9 Å². The zero-order valence-corrected chi connectivity index (χ0v) is 11.8. The molecular weight excluding hydrogens is 260 g/mol. The van der Waals surface area contributed by atoms with Gasteiger partial charge >= 0.3 is 0 Å². The van der Waals surface area contributed by atoms with Crippen molar-refractivity contribution >= 4 is 0 Å². The van der Waals surface area contributed by atoms with Gasteiger partial charge in [-0.3, -0.25) is 0 Å². The summed E-state index contributed by atoms with van der Waals surface area (Å²) < 4.78 is 2.00. The van der Waals surface area contributed by atoms with Crippen LogP contribution in [0.5, 0.6) is 0 Å². The third kappa shape index (κ3) is 3.38. The summed E-state index contributed by atoms with van der Waals surface area (Å²) >= 11 is 0. The van der Waals surface area contributed by atoms with E-state index in [0.29, 0.717) is 6.42 Å². The van der Waals surface area contributed by atoms with Crippen LogP contribution in [0.2, 0.25) is 0 Å². The lowest BCUT2D eigenvalue weighted by molar-refractivity contribution is 0.169. The number of hydrogen-bond acceptors (Lipinski definition) is 2. The summed E-state index contributed by atoms with van der Waals surface area (Å²) in [5.41, 5.74) is 3.17. The van der Waals surface area contributed by atoms with Gasteiger partial charge in [-0.2, -0.15) is 0 Å². The van der Waals surface area contributed by atoms with Crippen LogP contribution in [0, 0.1) is 0 Å². The average Bonchev–Trinajstić information content (AvgIpc) is 2.97. The molecule has 0 saturated carbocycles. The van der Waals surface area contributed by atoms with Crippen LogP contribution < -0.4 is 0 Å².